The third kappa shape index (κ3) is 4.58. The summed E-state index contributed by atoms with van der Waals surface area (Å²) in [6.07, 6.45) is 8.96. The summed E-state index contributed by atoms with van der Waals surface area (Å²) in [5.74, 6) is 1.63. The molecule has 6 heteroatoms. The Hall–Kier alpha value is -3.02. The van der Waals surface area contributed by atoms with Gasteiger partial charge in [0.2, 0.25) is 11.7 Å². The van der Waals surface area contributed by atoms with E-state index in [-0.39, 0.29) is 5.91 Å². The number of pyridine rings is 1. The minimum Gasteiger partial charge on any atom is -0.493 e. The highest BCUT2D eigenvalue weighted by Crippen LogP contribution is 2.38. The molecule has 1 aromatic heterocycles. The van der Waals surface area contributed by atoms with Crippen LogP contribution in [0.1, 0.15) is 24.0 Å². The number of carbonyl (C=O) groups excluding carboxylic acids is 1. The van der Waals surface area contributed by atoms with Crippen molar-refractivity contribution in [2.24, 2.45) is 0 Å². The number of methoxy groups -OCH3 is 3. The molecule has 0 N–H and O–H groups in total. The lowest BCUT2D eigenvalue weighted by Crippen LogP contribution is -2.31. The molecule has 1 aliphatic carbocycles. The molecule has 1 aromatic carbocycles. The van der Waals surface area contributed by atoms with Crippen LogP contribution in [0.2, 0.25) is 0 Å². The Morgan fingerprint density at radius 1 is 1.11 bits per heavy atom. The molecule has 0 spiro atoms. The highest BCUT2D eigenvalue weighted by atomic mass is 16.5. The zero-order valence-corrected chi connectivity index (χ0v) is 15.8. The first-order chi connectivity index (χ1) is 13.2. The first kappa shape index (κ1) is 18.8. The smallest absolute Gasteiger partial charge is 0.247 e. The fourth-order valence-corrected chi connectivity index (χ4v) is 2.92. The lowest BCUT2D eigenvalue weighted by Gasteiger charge is -2.21. The molecule has 0 aliphatic heterocycles. The van der Waals surface area contributed by atoms with Gasteiger partial charge < -0.3 is 19.1 Å². The second kappa shape index (κ2) is 8.58. The predicted octanol–water partition coefficient (Wildman–Crippen LogP) is 3.31. The Morgan fingerprint density at radius 2 is 1.74 bits per heavy atom. The number of benzene rings is 1. The Balaban J connectivity index is 1.78. The van der Waals surface area contributed by atoms with Gasteiger partial charge in [0.15, 0.2) is 11.5 Å². The van der Waals surface area contributed by atoms with Crippen molar-refractivity contribution in [1.29, 1.82) is 0 Å². The van der Waals surface area contributed by atoms with Crippen molar-refractivity contribution in [3.63, 3.8) is 0 Å². The molecule has 6 nitrogen and oxygen atoms in total. The molecule has 0 saturated heterocycles. The zero-order chi connectivity index (χ0) is 19.2. The van der Waals surface area contributed by atoms with Gasteiger partial charge in [0, 0.05) is 31.1 Å². The number of hydrogen-bond acceptors (Lipinski definition) is 5. The van der Waals surface area contributed by atoms with Crippen LogP contribution in [0.25, 0.3) is 6.08 Å². The van der Waals surface area contributed by atoms with Crippen LogP contribution in [0, 0.1) is 0 Å². The summed E-state index contributed by atoms with van der Waals surface area (Å²) < 4.78 is 16.1. The molecule has 0 radical (unpaired) electrons. The van der Waals surface area contributed by atoms with Crippen LogP contribution in [0.4, 0.5) is 0 Å². The molecule has 1 aliphatic rings. The summed E-state index contributed by atoms with van der Waals surface area (Å²) in [6.45, 7) is 0.589. The van der Waals surface area contributed by atoms with Crippen LogP contribution in [0.3, 0.4) is 0 Å². The van der Waals surface area contributed by atoms with Crippen LogP contribution >= 0.6 is 0 Å². The Morgan fingerprint density at radius 3 is 2.26 bits per heavy atom. The molecule has 0 unspecified atom stereocenters. The number of nitrogens with zero attached hydrogens (tertiary/aromatic N) is 2. The molecular formula is C21H24N2O4. The van der Waals surface area contributed by atoms with Gasteiger partial charge in [0.25, 0.3) is 0 Å². The predicted molar refractivity (Wildman–Crippen MR) is 103 cm³/mol. The van der Waals surface area contributed by atoms with Crippen LogP contribution in [0.15, 0.2) is 42.7 Å². The monoisotopic (exact) mass is 368 g/mol. The van der Waals surface area contributed by atoms with Gasteiger partial charge in [0.1, 0.15) is 0 Å². The molecule has 27 heavy (non-hydrogen) atoms. The average molecular weight is 368 g/mol. The highest BCUT2D eigenvalue weighted by molar-refractivity contribution is 5.92. The van der Waals surface area contributed by atoms with Crippen LogP contribution < -0.4 is 14.2 Å². The largest absolute Gasteiger partial charge is 0.493 e. The minimum absolute atomic E-state index is 0.0111. The summed E-state index contributed by atoms with van der Waals surface area (Å²) in [5.41, 5.74) is 1.88. The number of amides is 1. The van der Waals surface area contributed by atoms with E-state index < -0.39 is 0 Å². The normalized spacial score (nSPS) is 13.4. The Kier molecular flexibility index (Phi) is 5.96. The van der Waals surface area contributed by atoms with E-state index in [1.54, 1.807) is 45.9 Å². The molecule has 2 aromatic rings. The van der Waals surface area contributed by atoms with E-state index in [0.29, 0.717) is 29.8 Å². The maximum absolute atomic E-state index is 12.8. The van der Waals surface area contributed by atoms with Gasteiger partial charge in [-0.25, -0.2) is 0 Å². The summed E-state index contributed by atoms with van der Waals surface area (Å²) in [7, 11) is 4.70. The van der Waals surface area contributed by atoms with E-state index >= 15 is 0 Å². The van der Waals surface area contributed by atoms with E-state index in [1.165, 1.54) is 0 Å². The van der Waals surface area contributed by atoms with Crippen LogP contribution in [-0.4, -0.2) is 43.2 Å². The quantitative estimate of drug-likeness (QED) is 0.669. The molecule has 142 valence electrons. The fourth-order valence-electron chi connectivity index (χ4n) is 2.92. The Bertz CT molecular complexity index is 791. The minimum atomic E-state index is -0.0111. The summed E-state index contributed by atoms with van der Waals surface area (Å²) in [6, 6.07) is 7.82. The van der Waals surface area contributed by atoms with Gasteiger partial charge in [-0.15, -0.1) is 0 Å². The van der Waals surface area contributed by atoms with Crippen molar-refractivity contribution < 1.29 is 19.0 Å². The van der Waals surface area contributed by atoms with Crippen molar-refractivity contribution in [3.8, 4) is 17.2 Å². The first-order valence-corrected chi connectivity index (χ1v) is 8.84. The molecule has 3 rings (SSSR count). The molecule has 0 atom stereocenters. The van der Waals surface area contributed by atoms with E-state index in [9.17, 15) is 4.79 Å². The van der Waals surface area contributed by atoms with Crippen molar-refractivity contribution in [3.05, 3.63) is 53.9 Å². The summed E-state index contributed by atoms with van der Waals surface area (Å²) >= 11 is 0. The molecule has 1 amide bonds. The van der Waals surface area contributed by atoms with Gasteiger partial charge in [0.05, 0.1) is 21.3 Å². The van der Waals surface area contributed by atoms with Gasteiger partial charge >= 0.3 is 0 Å². The van der Waals surface area contributed by atoms with Crippen molar-refractivity contribution in [2.75, 3.05) is 21.3 Å². The maximum atomic E-state index is 12.8. The molecule has 0 bridgehead atoms. The lowest BCUT2D eigenvalue weighted by molar-refractivity contribution is -0.127. The molecule has 1 fully saturated rings. The summed E-state index contributed by atoms with van der Waals surface area (Å²) in [4.78, 5) is 18.7. The van der Waals surface area contributed by atoms with E-state index in [0.717, 1.165) is 24.0 Å². The second-order valence-corrected chi connectivity index (χ2v) is 6.34. The second-order valence-electron chi connectivity index (χ2n) is 6.34. The lowest BCUT2D eigenvalue weighted by atomic mass is 10.1. The number of carbonyl (C=O) groups is 1. The number of hydrogen-bond donors (Lipinski definition) is 0. The zero-order valence-electron chi connectivity index (χ0n) is 15.8. The molecule has 1 heterocycles. The SMILES string of the molecule is COc1cc(/C=C/C(=O)N(Cc2ccncc2)C2CC2)cc(OC)c1OC. The number of rotatable bonds is 8. The van der Waals surface area contributed by atoms with Crippen molar-refractivity contribution >= 4 is 12.0 Å². The topological polar surface area (TPSA) is 60.9 Å². The third-order valence-electron chi connectivity index (χ3n) is 4.48. The molecular weight excluding hydrogens is 344 g/mol. The summed E-state index contributed by atoms with van der Waals surface area (Å²) in [5, 5.41) is 0. The number of ether oxygens (including phenoxy) is 3. The van der Waals surface area contributed by atoms with Crippen LogP contribution in [0.5, 0.6) is 17.2 Å². The van der Waals surface area contributed by atoms with Gasteiger partial charge in [-0.05, 0) is 54.3 Å². The van der Waals surface area contributed by atoms with E-state index in [1.807, 2.05) is 29.2 Å². The van der Waals surface area contributed by atoms with E-state index in [4.69, 9.17) is 14.2 Å². The van der Waals surface area contributed by atoms with Gasteiger partial charge in [-0.1, -0.05) is 0 Å². The third-order valence-corrected chi connectivity index (χ3v) is 4.48. The first-order valence-electron chi connectivity index (χ1n) is 8.84. The van der Waals surface area contributed by atoms with E-state index in [2.05, 4.69) is 4.98 Å². The average Bonchev–Trinajstić information content (AvgIpc) is 3.55. The standard InChI is InChI=1S/C21H24N2O4/c1-25-18-12-16(13-19(26-2)21(18)27-3)4-7-20(24)23(17-5-6-17)14-15-8-10-22-11-9-15/h4,7-13,17H,5-6,14H2,1-3H3/b7-4+. The highest BCUT2D eigenvalue weighted by Gasteiger charge is 2.31. The van der Waals surface area contributed by atoms with Crippen molar-refractivity contribution in [2.45, 2.75) is 25.4 Å². The van der Waals surface area contributed by atoms with Gasteiger partial charge in [-0.3, -0.25) is 9.78 Å². The van der Waals surface area contributed by atoms with Gasteiger partial charge in [-0.2, -0.15) is 0 Å². The van der Waals surface area contributed by atoms with Crippen molar-refractivity contribution in [1.82, 2.24) is 9.88 Å². The molecule has 1 saturated carbocycles. The fraction of sp³-hybridized carbons (Fsp3) is 0.333. The number of aromatic nitrogens is 1. The van der Waals surface area contributed by atoms with Crippen LogP contribution in [-0.2, 0) is 11.3 Å². The Labute approximate surface area is 159 Å². The maximum Gasteiger partial charge on any atom is 0.247 e.